The average molecular weight is 376 g/mol. The molecule has 0 saturated carbocycles. The van der Waals surface area contributed by atoms with Crippen LogP contribution in [-0.4, -0.2) is 37.4 Å². The maximum Gasteiger partial charge on any atom is 0.326 e. The quantitative estimate of drug-likeness (QED) is 0.481. The molecule has 1 amide bonds. The van der Waals surface area contributed by atoms with Gasteiger partial charge in [-0.1, -0.05) is 18.2 Å². The highest BCUT2D eigenvalue weighted by Gasteiger charge is 2.22. The number of pyridine rings is 1. The number of aryl methyl sites for hydroxylation is 1. The molecule has 3 N–H and O–H groups in total. The first-order valence-corrected chi connectivity index (χ1v) is 9.01. The molecule has 0 fully saturated rings. The molecule has 0 aliphatic rings. The summed E-state index contributed by atoms with van der Waals surface area (Å²) in [6.45, 7) is 1.98. The minimum atomic E-state index is -1.07. The third-order valence-corrected chi connectivity index (χ3v) is 4.74. The fourth-order valence-corrected chi connectivity index (χ4v) is 3.35. The molecule has 0 saturated heterocycles. The molecule has 0 aliphatic heterocycles. The molecule has 142 valence electrons. The van der Waals surface area contributed by atoms with Gasteiger partial charge in [-0.25, -0.2) is 9.78 Å². The summed E-state index contributed by atoms with van der Waals surface area (Å²) in [5.74, 6) is -1.43. The van der Waals surface area contributed by atoms with E-state index in [1.165, 1.54) is 0 Å². The predicted molar refractivity (Wildman–Crippen MR) is 105 cm³/mol. The second-order valence-corrected chi connectivity index (χ2v) is 6.90. The van der Waals surface area contributed by atoms with Crippen LogP contribution in [0.3, 0.4) is 0 Å². The van der Waals surface area contributed by atoms with Gasteiger partial charge in [-0.15, -0.1) is 0 Å². The van der Waals surface area contributed by atoms with Gasteiger partial charge in [0, 0.05) is 35.9 Å². The Morgan fingerprint density at radius 1 is 1.29 bits per heavy atom. The Morgan fingerprint density at radius 3 is 2.93 bits per heavy atom. The molecular weight excluding hydrogens is 356 g/mol. The lowest BCUT2D eigenvalue weighted by Gasteiger charge is -2.14. The van der Waals surface area contributed by atoms with Gasteiger partial charge in [0.1, 0.15) is 11.7 Å². The van der Waals surface area contributed by atoms with Crippen molar-refractivity contribution in [3.8, 4) is 0 Å². The van der Waals surface area contributed by atoms with Gasteiger partial charge in [-0.2, -0.15) is 0 Å². The fraction of sp³-hybridized carbons (Fsp3) is 0.190. The smallest absolute Gasteiger partial charge is 0.326 e. The van der Waals surface area contributed by atoms with Crippen LogP contribution in [0.1, 0.15) is 16.8 Å². The number of aromatic amines is 1. The SMILES string of the molecule is Cc1ccn2cc(CC(=O)NC(Cc3c[nH]c4ccccc34)C(=O)O)nc2c1. The molecule has 0 bridgehead atoms. The van der Waals surface area contributed by atoms with Crippen LogP contribution >= 0.6 is 0 Å². The van der Waals surface area contributed by atoms with E-state index in [4.69, 9.17) is 0 Å². The van der Waals surface area contributed by atoms with Crippen LogP contribution < -0.4 is 5.32 Å². The molecule has 3 aromatic heterocycles. The molecule has 0 aliphatic carbocycles. The number of nitrogens with one attached hydrogen (secondary N) is 2. The Labute approximate surface area is 161 Å². The first kappa shape index (κ1) is 17.8. The molecule has 7 nitrogen and oxygen atoms in total. The Kier molecular flexibility index (Phi) is 4.57. The van der Waals surface area contributed by atoms with E-state index in [2.05, 4.69) is 15.3 Å². The summed E-state index contributed by atoms with van der Waals surface area (Å²) in [4.78, 5) is 31.7. The lowest BCUT2D eigenvalue weighted by Crippen LogP contribution is -2.43. The van der Waals surface area contributed by atoms with Gasteiger partial charge in [0.15, 0.2) is 0 Å². The van der Waals surface area contributed by atoms with E-state index in [9.17, 15) is 14.7 Å². The summed E-state index contributed by atoms with van der Waals surface area (Å²) in [6.07, 6.45) is 5.69. The van der Waals surface area contributed by atoms with E-state index >= 15 is 0 Å². The molecule has 3 heterocycles. The predicted octanol–water partition coefficient (Wildman–Crippen LogP) is 2.48. The number of aliphatic carboxylic acids is 1. The van der Waals surface area contributed by atoms with E-state index in [1.807, 2.05) is 53.9 Å². The third kappa shape index (κ3) is 3.59. The van der Waals surface area contributed by atoms with Crippen molar-refractivity contribution in [1.29, 1.82) is 0 Å². The second kappa shape index (κ2) is 7.19. The minimum Gasteiger partial charge on any atom is -0.480 e. The number of hydrogen-bond acceptors (Lipinski definition) is 3. The van der Waals surface area contributed by atoms with Crippen molar-refractivity contribution in [3.63, 3.8) is 0 Å². The third-order valence-electron chi connectivity index (χ3n) is 4.74. The number of fused-ring (bicyclic) bond motifs is 2. The number of imidazole rings is 1. The van der Waals surface area contributed by atoms with E-state index in [1.54, 1.807) is 12.4 Å². The molecule has 28 heavy (non-hydrogen) atoms. The number of aromatic nitrogens is 3. The Balaban J connectivity index is 1.47. The summed E-state index contributed by atoms with van der Waals surface area (Å²) in [5.41, 5.74) is 4.23. The maximum absolute atomic E-state index is 12.4. The van der Waals surface area contributed by atoms with Crippen molar-refractivity contribution in [3.05, 3.63) is 71.8 Å². The first-order valence-electron chi connectivity index (χ1n) is 9.01. The first-order chi connectivity index (χ1) is 13.5. The number of benzene rings is 1. The number of rotatable bonds is 6. The lowest BCUT2D eigenvalue weighted by molar-refractivity contribution is -0.141. The Hall–Kier alpha value is -3.61. The number of carboxylic acids is 1. The number of nitrogens with zero attached hydrogens (tertiary/aromatic N) is 2. The van der Waals surface area contributed by atoms with Crippen LogP contribution in [0.5, 0.6) is 0 Å². The van der Waals surface area contributed by atoms with Crippen molar-refractivity contribution in [2.45, 2.75) is 25.8 Å². The van der Waals surface area contributed by atoms with Crippen molar-refractivity contribution >= 4 is 28.4 Å². The molecule has 1 atom stereocenters. The summed E-state index contributed by atoms with van der Waals surface area (Å²) < 4.78 is 1.84. The molecular formula is C21H20N4O3. The average Bonchev–Trinajstić information content (AvgIpc) is 3.24. The Morgan fingerprint density at radius 2 is 2.11 bits per heavy atom. The monoisotopic (exact) mass is 376 g/mol. The zero-order valence-electron chi connectivity index (χ0n) is 15.3. The van der Waals surface area contributed by atoms with Gasteiger partial charge in [-0.05, 0) is 36.2 Å². The van der Waals surface area contributed by atoms with Crippen LogP contribution in [0.2, 0.25) is 0 Å². The molecule has 0 radical (unpaired) electrons. The highest BCUT2D eigenvalue weighted by molar-refractivity contribution is 5.87. The summed E-state index contributed by atoms with van der Waals surface area (Å²) in [7, 11) is 0. The van der Waals surface area contributed by atoms with Crippen LogP contribution in [0.15, 0.2) is 55.0 Å². The molecule has 1 aromatic carbocycles. The van der Waals surface area contributed by atoms with Crippen molar-refractivity contribution in [2.24, 2.45) is 0 Å². The number of amides is 1. The normalized spacial score (nSPS) is 12.3. The van der Waals surface area contributed by atoms with E-state index < -0.39 is 12.0 Å². The number of H-pyrrole nitrogens is 1. The standard InChI is InChI=1S/C21H20N4O3/c1-13-6-7-25-12-15(23-19(25)8-13)10-20(26)24-18(21(27)28)9-14-11-22-17-5-3-2-4-16(14)17/h2-8,11-12,18,22H,9-10H2,1H3,(H,24,26)(H,27,28). The molecule has 1 unspecified atom stereocenters. The summed E-state index contributed by atoms with van der Waals surface area (Å²) in [6, 6.07) is 10.6. The topological polar surface area (TPSA) is 99.5 Å². The molecule has 4 rings (SSSR count). The van der Waals surface area contributed by atoms with Gasteiger partial charge in [0.05, 0.1) is 12.1 Å². The van der Waals surface area contributed by atoms with E-state index in [0.29, 0.717) is 5.69 Å². The number of carbonyl (C=O) groups is 2. The van der Waals surface area contributed by atoms with Gasteiger partial charge in [0.2, 0.25) is 5.91 Å². The highest BCUT2D eigenvalue weighted by atomic mass is 16.4. The van der Waals surface area contributed by atoms with E-state index in [0.717, 1.165) is 27.7 Å². The van der Waals surface area contributed by atoms with Gasteiger partial charge >= 0.3 is 5.97 Å². The van der Waals surface area contributed by atoms with Gasteiger partial charge in [0.25, 0.3) is 0 Å². The zero-order chi connectivity index (χ0) is 19.7. The number of carboxylic acid groups (broad SMARTS) is 1. The summed E-state index contributed by atoms with van der Waals surface area (Å²) >= 11 is 0. The fourth-order valence-electron chi connectivity index (χ4n) is 3.35. The highest BCUT2D eigenvalue weighted by Crippen LogP contribution is 2.19. The summed E-state index contributed by atoms with van der Waals surface area (Å²) in [5, 5.41) is 13.1. The molecule has 7 heteroatoms. The van der Waals surface area contributed by atoms with Crippen molar-refractivity contribution in [2.75, 3.05) is 0 Å². The molecule has 4 aromatic rings. The van der Waals surface area contributed by atoms with Crippen molar-refractivity contribution in [1.82, 2.24) is 19.7 Å². The van der Waals surface area contributed by atoms with Gasteiger partial charge < -0.3 is 19.8 Å². The van der Waals surface area contributed by atoms with E-state index in [-0.39, 0.29) is 18.7 Å². The number of para-hydroxylation sites is 1. The number of hydrogen-bond donors (Lipinski definition) is 3. The van der Waals surface area contributed by atoms with Crippen LogP contribution in [0.4, 0.5) is 0 Å². The second-order valence-electron chi connectivity index (χ2n) is 6.90. The Bertz CT molecular complexity index is 1170. The largest absolute Gasteiger partial charge is 0.480 e. The zero-order valence-corrected chi connectivity index (χ0v) is 15.3. The van der Waals surface area contributed by atoms with Crippen LogP contribution in [0.25, 0.3) is 16.6 Å². The minimum absolute atomic E-state index is 0.0262. The van der Waals surface area contributed by atoms with Crippen LogP contribution in [0, 0.1) is 6.92 Å². The molecule has 0 spiro atoms. The van der Waals surface area contributed by atoms with Gasteiger partial charge in [-0.3, -0.25) is 4.79 Å². The van der Waals surface area contributed by atoms with Crippen LogP contribution in [-0.2, 0) is 22.4 Å². The van der Waals surface area contributed by atoms with Crippen molar-refractivity contribution < 1.29 is 14.7 Å². The number of carbonyl (C=O) groups excluding carboxylic acids is 1. The maximum atomic E-state index is 12.4. The lowest BCUT2D eigenvalue weighted by atomic mass is 10.0.